The van der Waals surface area contributed by atoms with E-state index < -0.39 is 30.1 Å². The summed E-state index contributed by atoms with van der Waals surface area (Å²) in [5.41, 5.74) is 0.767. The van der Waals surface area contributed by atoms with Gasteiger partial charge in [-0.2, -0.15) is 19.1 Å². The van der Waals surface area contributed by atoms with Crippen LogP contribution >= 0.6 is 0 Å². The van der Waals surface area contributed by atoms with Gasteiger partial charge in [-0.15, -0.1) is 0 Å². The maximum Gasteiger partial charge on any atom is 0.322 e. The highest BCUT2D eigenvalue weighted by atomic mass is 19.3. The third-order valence-electron chi connectivity index (χ3n) is 5.63. The Balaban J connectivity index is 1.56. The number of urea groups is 1. The zero-order chi connectivity index (χ0) is 21.5. The minimum absolute atomic E-state index is 0.0256. The standard InChI is InChI=1S/C20H20F3N5O2/c21-16-2-1-14(7-13(16)9-24)25-19(30)27-5-4-17-15(10-27)18-20(22,23)8-12(11-29)3-6-28(18)26-17/h1-2,7,12,29H,3-6,8,10-11H2,(H,25,30). The molecule has 1 unspecified atom stereocenters. The van der Waals surface area contributed by atoms with Crippen LogP contribution in [0.1, 0.15) is 35.4 Å². The van der Waals surface area contributed by atoms with E-state index in [-0.39, 0.29) is 30.1 Å². The zero-order valence-electron chi connectivity index (χ0n) is 16.0. The predicted octanol–water partition coefficient (Wildman–Crippen LogP) is 2.98. The maximum atomic E-state index is 15.0. The van der Waals surface area contributed by atoms with Crippen molar-refractivity contribution in [3.63, 3.8) is 0 Å². The number of anilines is 1. The van der Waals surface area contributed by atoms with Gasteiger partial charge in [0.2, 0.25) is 0 Å². The van der Waals surface area contributed by atoms with Gasteiger partial charge in [0, 0.05) is 43.8 Å². The predicted molar refractivity (Wildman–Crippen MR) is 100 cm³/mol. The van der Waals surface area contributed by atoms with Crippen molar-refractivity contribution in [1.29, 1.82) is 5.26 Å². The van der Waals surface area contributed by atoms with E-state index >= 15 is 0 Å². The second-order valence-corrected chi connectivity index (χ2v) is 7.65. The summed E-state index contributed by atoms with van der Waals surface area (Å²) >= 11 is 0. The summed E-state index contributed by atoms with van der Waals surface area (Å²) in [7, 11) is 0. The van der Waals surface area contributed by atoms with Crippen molar-refractivity contribution in [2.24, 2.45) is 5.92 Å². The largest absolute Gasteiger partial charge is 0.396 e. The van der Waals surface area contributed by atoms with Crippen molar-refractivity contribution in [3.05, 3.63) is 46.5 Å². The number of nitrogens with one attached hydrogen (secondary N) is 1. The molecule has 0 saturated heterocycles. The van der Waals surface area contributed by atoms with Crippen LogP contribution in [-0.2, 0) is 25.4 Å². The van der Waals surface area contributed by atoms with Crippen molar-refractivity contribution in [3.8, 4) is 6.07 Å². The van der Waals surface area contributed by atoms with Crippen LogP contribution in [-0.4, -0.2) is 39.0 Å². The molecule has 2 aliphatic rings. The van der Waals surface area contributed by atoms with Gasteiger partial charge in [0.25, 0.3) is 5.92 Å². The number of nitrogens with zero attached hydrogens (tertiary/aromatic N) is 4. The van der Waals surface area contributed by atoms with Crippen LogP contribution in [0.2, 0.25) is 0 Å². The number of aryl methyl sites for hydroxylation is 1. The molecule has 3 heterocycles. The van der Waals surface area contributed by atoms with Crippen molar-refractivity contribution < 1.29 is 23.1 Å². The number of benzene rings is 1. The van der Waals surface area contributed by atoms with Crippen LogP contribution in [0.4, 0.5) is 23.7 Å². The molecule has 4 rings (SSSR count). The molecule has 0 spiro atoms. The van der Waals surface area contributed by atoms with E-state index in [1.807, 2.05) is 0 Å². The number of carbonyl (C=O) groups is 1. The summed E-state index contributed by atoms with van der Waals surface area (Å²) in [4.78, 5) is 14.1. The number of aliphatic hydroxyl groups is 1. The van der Waals surface area contributed by atoms with E-state index in [0.717, 1.165) is 6.07 Å². The van der Waals surface area contributed by atoms with Crippen LogP contribution in [0.15, 0.2) is 18.2 Å². The fourth-order valence-electron chi connectivity index (χ4n) is 4.08. The number of aliphatic hydroxyl groups excluding tert-OH is 1. The number of rotatable bonds is 2. The molecule has 2 N–H and O–H groups in total. The Kier molecular flexibility index (Phi) is 5.15. The van der Waals surface area contributed by atoms with E-state index in [2.05, 4.69) is 10.4 Å². The van der Waals surface area contributed by atoms with Gasteiger partial charge in [-0.05, 0) is 30.5 Å². The molecule has 0 fully saturated rings. The number of hydrogen-bond acceptors (Lipinski definition) is 4. The van der Waals surface area contributed by atoms with Crippen molar-refractivity contribution >= 4 is 11.7 Å². The van der Waals surface area contributed by atoms with Gasteiger partial charge in [0.05, 0.1) is 17.8 Å². The summed E-state index contributed by atoms with van der Waals surface area (Å²) in [6.07, 6.45) is 0.297. The highest BCUT2D eigenvalue weighted by Crippen LogP contribution is 2.42. The monoisotopic (exact) mass is 419 g/mol. The molecule has 1 atom stereocenters. The van der Waals surface area contributed by atoms with E-state index in [1.54, 1.807) is 6.07 Å². The number of aromatic nitrogens is 2. The molecule has 0 aliphatic carbocycles. The quantitative estimate of drug-likeness (QED) is 0.783. The summed E-state index contributed by atoms with van der Waals surface area (Å²) in [6.45, 7) is 0.260. The fourth-order valence-corrected chi connectivity index (χ4v) is 4.08. The molecule has 30 heavy (non-hydrogen) atoms. The van der Waals surface area contributed by atoms with Crippen LogP contribution in [0.5, 0.6) is 0 Å². The van der Waals surface area contributed by atoms with Gasteiger partial charge < -0.3 is 15.3 Å². The van der Waals surface area contributed by atoms with Crippen molar-refractivity contribution in [2.45, 2.75) is 38.3 Å². The van der Waals surface area contributed by atoms with Crippen molar-refractivity contribution in [2.75, 3.05) is 18.5 Å². The summed E-state index contributed by atoms with van der Waals surface area (Å²) in [5, 5.41) is 25.2. The van der Waals surface area contributed by atoms with Crippen LogP contribution < -0.4 is 5.32 Å². The Morgan fingerprint density at radius 3 is 2.93 bits per heavy atom. The first-order chi connectivity index (χ1) is 14.3. The molecule has 2 amide bonds. The molecule has 2 aromatic rings. The highest BCUT2D eigenvalue weighted by molar-refractivity contribution is 5.89. The Bertz CT molecular complexity index is 1030. The third-order valence-corrected chi connectivity index (χ3v) is 5.63. The Morgan fingerprint density at radius 2 is 2.20 bits per heavy atom. The summed E-state index contributed by atoms with van der Waals surface area (Å²) in [5.74, 6) is -4.35. The van der Waals surface area contributed by atoms with Gasteiger partial charge in [0.15, 0.2) is 0 Å². The summed E-state index contributed by atoms with van der Waals surface area (Å²) in [6, 6.07) is 4.81. The SMILES string of the molecule is N#Cc1cc(NC(=O)N2CCc3nn4c(c3C2)C(F)(F)CC(CO)CC4)ccc1F. The first kappa shape index (κ1) is 20.2. The Morgan fingerprint density at radius 1 is 1.40 bits per heavy atom. The topological polar surface area (TPSA) is 94.2 Å². The van der Waals surface area contributed by atoms with Gasteiger partial charge in [-0.25, -0.2) is 9.18 Å². The zero-order valence-corrected chi connectivity index (χ0v) is 16.0. The first-order valence-electron chi connectivity index (χ1n) is 9.65. The minimum atomic E-state index is -3.15. The number of nitriles is 1. The minimum Gasteiger partial charge on any atom is -0.396 e. The molecule has 0 radical (unpaired) electrons. The molecule has 1 aromatic heterocycles. The van der Waals surface area contributed by atoms with Gasteiger partial charge in [0.1, 0.15) is 17.6 Å². The van der Waals surface area contributed by atoms with E-state index in [9.17, 15) is 23.1 Å². The number of halogens is 3. The number of amides is 2. The second-order valence-electron chi connectivity index (χ2n) is 7.65. The lowest BCUT2D eigenvalue weighted by molar-refractivity contribution is -0.0385. The normalized spacial score (nSPS) is 20.0. The molecule has 0 bridgehead atoms. The van der Waals surface area contributed by atoms with Gasteiger partial charge in [-0.3, -0.25) is 4.68 Å². The lowest BCUT2D eigenvalue weighted by Crippen LogP contribution is -2.39. The average molecular weight is 419 g/mol. The molecule has 2 aliphatic heterocycles. The second kappa shape index (κ2) is 7.65. The molecule has 10 heteroatoms. The molecule has 0 saturated carbocycles. The average Bonchev–Trinajstić information content (AvgIpc) is 3.04. The van der Waals surface area contributed by atoms with Crippen LogP contribution in [0, 0.1) is 23.1 Å². The van der Waals surface area contributed by atoms with E-state index in [0.29, 0.717) is 37.2 Å². The summed E-state index contributed by atoms with van der Waals surface area (Å²) < 4.78 is 44.7. The smallest absolute Gasteiger partial charge is 0.322 e. The third kappa shape index (κ3) is 3.61. The van der Waals surface area contributed by atoms with Crippen LogP contribution in [0.25, 0.3) is 0 Å². The number of carbonyl (C=O) groups excluding carboxylic acids is 1. The highest BCUT2D eigenvalue weighted by Gasteiger charge is 2.44. The lowest BCUT2D eigenvalue weighted by Gasteiger charge is -2.28. The Labute approximate surface area is 170 Å². The first-order valence-corrected chi connectivity index (χ1v) is 9.65. The number of alkyl halides is 2. The fraction of sp³-hybridized carbons (Fsp3) is 0.450. The molecule has 1 aromatic carbocycles. The van der Waals surface area contributed by atoms with Gasteiger partial charge >= 0.3 is 6.03 Å². The van der Waals surface area contributed by atoms with E-state index in [1.165, 1.54) is 21.7 Å². The van der Waals surface area contributed by atoms with Crippen molar-refractivity contribution in [1.82, 2.24) is 14.7 Å². The molecular formula is C20H20F3N5O2. The molecular weight excluding hydrogens is 399 g/mol. The molecule has 158 valence electrons. The Hall–Kier alpha value is -3.06. The number of hydrogen-bond donors (Lipinski definition) is 2. The van der Waals surface area contributed by atoms with E-state index in [4.69, 9.17) is 5.26 Å². The van der Waals surface area contributed by atoms with Crippen LogP contribution in [0.3, 0.4) is 0 Å². The van der Waals surface area contributed by atoms with Gasteiger partial charge in [-0.1, -0.05) is 0 Å². The lowest BCUT2D eigenvalue weighted by atomic mass is 9.95. The number of fused-ring (bicyclic) bond motifs is 3. The maximum absolute atomic E-state index is 15.0. The molecule has 7 nitrogen and oxygen atoms in total.